The quantitative estimate of drug-likeness (QED) is 0.149. The summed E-state index contributed by atoms with van der Waals surface area (Å²) < 4.78 is 3.64. The van der Waals surface area contributed by atoms with Crippen LogP contribution in [0, 0.1) is 0 Å². The van der Waals surface area contributed by atoms with Crippen molar-refractivity contribution in [3.8, 4) is 11.1 Å². The second kappa shape index (κ2) is 5.76. The molecule has 0 aliphatic heterocycles. The van der Waals surface area contributed by atoms with Crippen molar-refractivity contribution in [1.29, 1.82) is 0 Å². The van der Waals surface area contributed by atoms with Gasteiger partial charge < -0.3 is 4.40 Å². The Hall–Kier alpha value is -3.36. The summed E-state index contributed by atoms with van der Waals surface area (Å²) in [6.07, 6.45) is 0. The Morgan fingerprint density at radius 1 is 0.667 bits per heavy atom. The van der Waals surface area contributed by atoms with E-state index in [1.165, 1.54) is 71.1 Å². The first kappa shape index (κ1) is 18.1. The van der Waals surface area contributed by atoms with Crippen LogP contribution in [0.1, 0.15) is 25.0 Å². The Labute approximate surface area is 199 Å². The first-order valence-electron chi connectivity index (χ1n) is 11.5. The summed E-state index contributed by atoms with van der Waals surface area (Å²) in [7, 11) is 0. The molecule has 156 valence electrons. The minimum atomic E-state index is -0.0515. The zero-order chi connectivity index (χ0) is 22.1. The van der Waals surface area contributed by atoms with Gasteiger partial charge in [-0.1, -0.05) is 84.4 Å². The van der Waals surface area contributed by atoms with Crippen molar-refractivity contribution in [2.75, 3.05) is 0 Å². The van der Waals surface area contributed by atoms with Crippen molar-refractivity contribution >= 4 is 64.8 Å². The van der Waals surface area contributed by atoms with Crippen LogP contribution in [0.4, 0.5) is 0 Å². The molecule has 8 rings (SSSR count). The number of rotatable bonds is 0. The Morgan fingerprint density at radius 2 is 1.42 bits per heavy atom. The number of nitrogens with zero attached hydrogens (tertiary/aromatic N) is 1. The first-order chi connectivity index (χ1) is 16.1. The number of fused-ring (bicyclic) bond motifs is 9. The zero-order valence-electron chi connectivity index (χ0n) is 18.4. The Balaban J connectivity index is 1.78. The first-order valence-corrected chi connectivity index (χ1v) is 12.3. The topological polar surface area (TPSA) is 4.41 Å². The number of halogens is 1. The zero-order valence-corrected chi connectivity index (χ0v) is 20.0. The third kappa shape index (κ3) is 2.01. The minimum Gasteiger partial charge on any atom is -0.308 e. The van der Waals surface area contributed by atoms with E-state index in [4.69, 9.17) is 0 Å². The molecule has 0 radical (unpaired) electrons. The third-order valence-corrected chi connectivity index (χ3v) is 8.44. The van der Waals surface area contributed by atoms with Gasteiger partial charge in [0, 0.05) is 31.4 Å². The molecule has 7 aromatic rings. The van der Waals surface area contributed by atoms with Gasteiger partial charge in [0.15, 0.2) is 0 Å². The van der Waals surface area contributed by atoms with Gasteiger partial charge in [-0.25, -0.2) is 0 Å². The van der Waals surface area contributed by atoms with E-state index >= 15 is 0 Å². The second-order valence-electron chi connectivity index (χ2n) is 9.92. The summed E-state index contributed by atoms with van der Waals surface area (Å²) in [5, 5.41) is 8.07. The maximum atomic E-state index is 3.75. The standard InChI is InChI=1S/C31H20BrN/c1-31(2)23-14-13-18(32)15-22(23)28-24(31)16-21-19-10-5-7-17-8-6-12-26(27(17)19)33-25-11-4-3-9-20(25)29(28)30(21)33/h3-16H,1-2H3. The van der Waals surface area contributed by atoms with E-state index in [1.54, 1.807) is 0 Å². The average Bonchev–Trinajstić information content (AvgIpc) is 3.27. The normalized spacial score (nSPS) is 14.8. The van der Waals surface area contributed by atoms with Crippen LogP contribution in [-0.4, -0.2) is 4.40 Å². The molecule has 2 heteroatoms. The molecule has 0 bridgehead atoms. The van der Waals surface area contributed by atoms with Gasteiger partial charge >= 0.3 is 0 Å². The number of hydrogen-bond donors (Lipinski definition) is 0. The molecule has 0 unspecified atom stereocenters. The van der Waals surface area contributed by atoms with Crippen molar-refractivity contribution in [2.24, 2.45) is 0 Å². The van der Waals surface area contributed by atoms with Gasteiger partial charge in [0.2, 0.25) is 0 Å². The van der Waals surface area contributed by atoms with Crippen molar-refractivity contribution in [2.45, 2.75) is 19.3 Å². The maximum absolute atomic E-state index is 3.75. The Morgan fingerprint density at radius 3 is 2.30 bits per heavy atom. The molecular formula is C31H20BrN. The summed E-state index contributed by atoms with van der Waals surface area (Å²) in [6.45, 7) is 4.75. The molecule has 0 saturated carbocycles. The summed E-state index contributed by atoms with van der Waals surface area (Å²) in [5.74, 6) is 0. The molecule has 0 saturated heterocycles. The van der Waals surface area contributed by atoms with E-state index < -0.39 is 0 Å². The van der Waals surface area contributed by atoms with Gasteiger partial charge in [0.25, 0.3) is 0 Å². The molecule has 0 amide bonds. The fraction of sp³-hybridized carbons (Fsp3) is 0.0968. The largest absolute Gasteiger partial charge is 0.308 e. The van der Waals surface area contributed by atoms with Crippen LogP contribution >= 0.6 is 15.9 Å². The highest BCUT2D eigenvalue weighted by molar-refractivity contribution is 9.10. The van der Waals surface area contributed by atoms with Crippen LogP contribution in [0.25, 0.3) is 60.0 Å². The molecular weight excluding hydrogens is 466 g/mol. The molecule has 1 aliphatic rings. The number of para-hydroxylation sites is 1. The number of benzene rings is 5. The van der Waals surface area contributed by atoms with Crippen molar-refractivity contribution in [3.05, 3.63) is 101 Å². The van der Waals surface area contributed by atoms with Gasteiger partial charge in [-0.3, -0.25) is 0 Å². The summed E-state index contributed by atoms with van der Waals surface area (Å²) >= 11 is 3.75. The molecule has 0 fully saturated rings. The Bertz CT molecular complexity index is 1950. The fourth-order valence-corrected chi connectivity index (χ4v) is 6.90. The lowest BCUT2D eigenvalue weighted by molar-refractivity contribution is 0.661. The maximum Gasteiger partial charge on any atom is 0.0626 e. The van der Waals surface area contributed by atoms with E-state index in [1.807, 2.05) is 0 Å². The lowest BCUT2D eigenvalue weighted by Gasteiger charge is -2.22. The van der Waals surface area contributed by atoms with E-state index in [-0.39, 0.29) is 5.41 Å². The van der Waals surface area contributed by atoms with Crippen LogP contribution in [0.15, 0.2) is 89.4 Å². The van der Waals surface area contributed by atoms with Crippen LogP contribution in [0.3, 0.4) is 0 Å². The molecule has 5 aromatic carbocycles. The molecule has 1 nitrogen and oxygen atoms in total. The smallest absolute Gasteiger partial charge is 0.0626 e. The minimum absolute atomic E-state index is 0.0515. The predicted molar refractivity (Wildman–Crippen MR) is 144 cm³/mol. The average molecular weight is 486 g/mol. The van der Waals surface area contributed by atoms with Crippen LogP contribution in [0.5, 0.6) is 0 Å². The van der Waals surface area contributed by atoms with E-state index in [0.717, 1.165) is 4.47 Å². The van der Waals surface area contributed by atoms with Crippen LogP contribution in [0.2, 0.25) is 0 Å². The summed E-state index contributed by atoms with van der Waals surface area (Å²) in [4.78, 5) is 0. The van der Waals surface area contributed by atoms with Crippen molar-refractivity contribution < 1.29 is 0 Å². The molecule has 0 N–H and O–H groups in total. The molecule has 2 aromatic heterocycles. The molecule has 2 heterocycles. The molecule has 0 atom stereocenters. The number of aromatic nitrogens is 1. The third-order valence-electron chi connectivity index (χ3n) is 7.95. The highest BCUT2D eigenvalue weighted by Crippen LogP contribution is 2.55. The Kier molecular flexibility index (Phi) is 3.16. The van der Waals surface area contributed by atoms with Gasteiger partial charge in [-0.2, -0.15) is 0 Å². The van der Waals surface area contributed by atoms with E-state index in [0.29, 0.717) is 0 Å². The van der Waals surface area contributed by atoms with Gasteiger partial charge in [-0.05, 0) is 63.4 Å². The van der Waals surface area contributed by atoms with Crippen molar-refractivity contribution in [3.63, 3.8) is 0 Å². The molecule has 33 heavy (non-hydrogen) atoms. The number of hydrogen-bond acceptors (Lipinski definition) is 0. The van der Waals surface area contributed by atoms with Gasteiger partial charge in [0.1, 0.15) is 0 Å². The lowest BCUT2D eigenvalue weighted by atomic mass is 9.81. The SMILES string of the molecule is CC1(C)c2ccc(Br)cc2-c2c1cc1c3cccc4cccc(c43)n3c4ccccc4c2c13. The van der Waals surface area contributed by atoms with E-state index in [9.17, 15) is 0 Å². The molecule has 1 aliphatic carbocycles. The van der Waals surface area contributed by atoms with Crippen LogP contribution in [-0.2, 0) is 5.41 Å². The number of pyridine rings is 1. The summed E-state index contributed by atoms with van der Waals surface area (Å²) in [5.41, 5.74) is 9.45. The van der Waals surface area contributed by atoms with Crippen LogP contribution < -0.4 is 0 Å². The van der Waals surface area contributed by atoms with Gasteiger partial charge in [-0.15, -0.1) is 0 Å². The fourth-order valence-electron chi connectivity index (χ4n) is 6.54. The van der Waals surface area contributed by atoms with E-state index in [2.05, 4.69) is 119 Å². The second-order valence-corrected chi connectivity index (χ2v) is 10.8. The highest BCUT2D eigenvalue weighted by Gasteiger charge is 2.38. The van der Waals surface area contributed by atoms with Gasteiger partial charge in [0.05, 0.1) is 16.6 Å². The monoisotopic (exact) mass is 485 g/mol. The van der Waals surface area contributed by atoms with Crippen molar-refractivity contribution in [1.82, 2.24) is 4.40 Å². The lowest BCUT2D eigenvalue weighted by Crippen LogP contribution is -2.15. The predicted octanol–water partition coefficient (Wildman–Crippen LogP) is 9.06. The molecule has 0 spiro atoms. The summed E-state index contributed by atoms with van der Waals surface area (Å²) in [6, 6.07) is 31.7. The highest BCUT2D eigenvalue weighted by atomic mass is 79.9.